The summed E-state index contributed by atoms with van der Waals surface area (Å²) >= 11 is 0. The summed E-state index contributed by atoms with van der Waals surface area (Å²) in [6.07, 6.45) is 0. The van der Waals surface area contributed by atoms with Gasteiger partial charge in [0.05, 0.1) is 40.8 Å². The Morgan fingerprint density at radius 1 is 1.14 bits per heavy atom. The van der Waals surface area contributed by atoms with Gasteiger partial charge in [-0.05, 0) is 36.4 Å². The van der Waals surface area contributed by atoms with Crippen LogP contribution in [0.15, 0.2) is 59.4 Å². The highest BCUT2D eigenvalue weighted by Crippen LogP contribution is 2.19. The van der Waals surface area contributed by atoms with E-state index in [1.54, 1.807) is 18.1 Å². The van der Waals surface area contributed by atoms with Crippen LogP contribution in [0, 0.1) is 0 Å². The number of pyridine rings is 1. The molecule has 0 saturated heterocycles. The monoisotopic (exact) mass is 395 g/mol. The van der Waals surface area contributed by atoms with Crippen molar-refractivity contribution >= 4 is 22.6 Å². The molecule has 0 bridgehead atoms. The smallest absolute Gasteiger partial charge is 0.322 e. The van der Waals surface area contributed by atoms with E-state index in [2.05, 4.69) is 10.3 Å². The fourth-order valence-electron chi connectivity index (χ4n) is 3.01. The van der Waals surface area contributed by atoms with Crippen molar-refractivity contribution < 1.29 is 14.4 Å². The quantitative estimate of drug-likeness (QED) is 0.570. The number of carbonyl (C=O) groups is 1. The van der Waals surface area contributed by atoms with Crippen LogP contribution in [-0.4, -0.2) is 50.2 Å². The lowest BCUT2D eigenvalue weighted by molar-refractivity contribution is -0.857. The van der Waals surface area contributed by atoms with Crippen molar-refractivity contribution in [3.63, 3.8) is 0 Å². The molecule has 152 valence electrons. The molecule has 0 aliphatic heterocycles. The molecule has 0 unspecified atom stereocenters. The number of methoxy groups -OCH3 is 1. The number of H-pyrrole nitrogens is 1. The molecule has 1 heterocycles. The van der Waals surface area contributed by atoms with Gasteiger partial charge < -0.3 is 24.8 Å². The molecule has 0 atom stereocenters. The van der Waals surface area contributed by atoms with Crippen molar-refractivity contribution in [2.24, 2.45) is 0 Å². The number of nitrogens with one attached hydrogen (secondary N) is 3. The Hall–Kier alpha value is -3.32. The van der Waals surface area contributed by atoms with E-state index in [9.17, 15) is 9.59 Å². The molecule has 3 aromatic rings. The van der Waals surface area contributed by atoms with Crippen molar-refractivity contribution in [3.8, 4) is 5.75 Å². The number of hydrogen-bond acceptors (Lipinski definition) is 3. The van der Waals surface area contributed by atoms with Gasteiger partial charge in [-0.3, -0.25) is 4.79 Å². The van der Waals surface area contributed by atoms with Crippen molar-refractivity contribution in [3.05, 3.63) is 70.5 Å². The number of quaternary nitrogens is 1. The number of urea groups is 1. The summed E-state index contributed by atoms with van der Waals surface area (Å²) in [6.45, 7) is 1.51. The zero-order chi connectivity index (χ0) is 20.8. The lowest BCUT2D eigenvalue weighted by atomic mass is 10.1. The van der Waals surface area contributed by atoms with Gasteiger partial charge in [0.1, 0.15) is 5.75 Å². The van der Waals surface area contributed by atoms with Crippen LogP contribution < -0.4 is 20.5 Å². The lowest BCUT2D eigenvalue weighted by Gasteiger charge is -2.23. The Labute approximate surface area is 169 Å². The summed E-state index contributed by atoms with van der Waals surface area (Å²) in [5.41, 5.74) is 1.79. The molecular weight excluding hydrogens is 368 g/mol. The predicted molar refractivity (Wildman–Crippen MR) is 115 cm³/mol. The highest BCUT2D eigenvalue weighted by molar-refractivity contribution is 5.89. The molecule has 0 spiro atoms. The third-order valence-electron chi connectivity index (χ3n) is 4.68. The second-order valence-corrected chi connectivity index (χ2v) is 7.25. The van der Waals surface area contributed by atoms with Gasteiger partial charge in [-0.15, -0.1) is 0 Å². The van der Waals surface area contributed by atoms with Crippen molar-refractivity contribution in [1.82, 2.24) is 9.88 Å². The van der Waals surface area contributed by atoms with E-state index in [-0.39, 0.29) is 18.1 Å². The molecule has 7 nitrogen and oxygen atoms in total. The Balaban J connectivity index is 1.86. The third kappa shape index (κ3) is 5.36. The summed E-state index contributed by atoms with van der Waals surface area (Å²) < 4.78 is 5.27. The van der Waals surface area contributed by atoms with Gasteiger partial charge in [-0.2, -0.15) is 0 Å². The number of rotatable bonds is 7. The first-order chi connectivity index (χ1) is 14.0. The summed E-state index contributed by atoms with van der Waals surface area (Å²) in [5.74, 6) is 0.713. The molecule has 3 N–H and O–H groups in total. The number of nitrogens with zero attached hydrogens (tertiary/aromatic N) is 1. The molecule has 0 saturated carbocycles. The number of likely N-dealkylation sites (N-methyl/N-ethyl adjacent to an activating group) is 1. The molecule has 2 amide bonds. The highest BCUT2D eigenvalue weighted by atomic mass is 16.5. The van der Waals surface area contributed by atoms with Crippen LogP contribution in [0.5, 0.6) is 5.75 Å². The average Bonchev–Trinajstić information content (AvgIpc) is 2.71. The Morgan fingerprint density at radius 2 is 1.90 bits per heavy atom. The second-order valence-electron chi connectivity index (χ2n) is 7.25. The zero-order valence-electron chi connectivity index (χ0n) is 17.0. The lowest BCUT2D eigenvalue weighted by Crippen LogP contribution is -3.06. The van der Waals surface area contributed by atoms with Crippen LogP contribution in [0.2, 0.25) is 0 Å². The van der Waals surface area contributed by atoms with Gasteiger partial charge in [0.25, 0.3) is 5.56 Å². The maximum absolute atomic E-state index is 12.9. The van der Waals surface area contributed by atoms with E-state index in [0.29, 0.717) is 17.9 Å². The molecule has 0 radical (unpaired) electrons. The van der Waals surface area contributed by atoms with Gasteiger partial charge in [-0.25, -0.2) is 4.79 Å². The standard InChI is InChI=1S/C22H26N4O3/c1-25(2)11-12-26(22(28)23-18-7-5-4-6-8-18)15-17-13-16-14-19(29-3)9-10-20(16)24-21(17)27/h4-10,13-14H,11-12,15H2,1-3H3,(H,23,28)(H,24,27)/p+1. The fraction of sp³-hybridized carbons (Fsp3) is 0.273. The SMILES string of the molecule is COc1ccc2[nH]c(=O)c(CN(CC[NH+](C)C)C(=O)Nc3ccccc3)cc2c1. The third-order valence-corrected chi connectivity index (χ3v) is 4.68. The minimum atomic E-state index is -0.234. The number of fused-ring (bicyclic) bond motifs is 1. The number of aromatic amines is 1. The number of anilines is 1. The largest absolute Gasteiger partial charge is 0.497 e. The Bertz CT molecular complexity index is 1030. The normalized spacial score (nSPS) is 10.9. The first-order valence-corrected chi connectivity index (χ1v) is 9.56. The van der Waals surface area contributed by atoms with E-state index in [1.165, 1.54) is 4.90 Å². The van der Waals surface area contributed by atoms with E-state index >= 15 is 0 Å². The van der Waals surface area contributed by atoms with E-state index in [0.717, 1.165) is 23.1 Å². The molecule has 3 rings (SSSR count). The molecular formula is C22H27N4O3+. The van der Waals surface area contributed by atoms with Gasteiger partial charge in [0.15, 0.2) is 0 Å². The fourth-order valence-corrected chi connectivity index (χ4v) is 3.01. The zero-order valence-corrected chi connectivity index (χ0v) is 17.0. The van der Waals surface area contributed by atoms with Crippen molar-refractivity contribution in [2.75, 3.05) is 39.6 Å². The number of carbonyl (C=O) groups excluding carboxylic acids is 1. The Kier molecular flexibility index (Phi) is 6.51. The molecule has 1 aromatic heterocycles. The van der Waals surface area contributed by atoms with Crippen LogP contribution >= 0.6 is 0 Å². The van der Waals surface area contributed by atoms with E-state index in [1.807, 2.05) is 62.6 Å². The summed E-state index contributed by atoms with van der Waals surface area (Å²) in [6, 6.07) is 16.4. The molecule has 29 heavy (non-hydrogen) atoms. The molecule has 0 fully saturated rings. The van der Waals surface area contributed by atoms with Crippen LogP contribution in [0.25, 0.3) is 10.9 Å². The van der Waals surface area contributed by atoms with Crippen molar-refractivity contribution in [1.29, 1.82) is 0 Å². The number of amides is 2. The first-order valence-electron chi connectivity index (χ1n) is 9.56. The number of ether oxygens (including phenoxy) is 1. The van der Waals surface area contributed by atoms with Crippen LogP contribution in [0.4, 0.5) is 10.5 Å². The highest BCUT2D eigenvalue weighted by Gasteiger charge is 2.17. The minimum Gasteiger partial charge on any atom is -0.497 e. The topological polar surface area (TPSA) is 78.9 Å². The first kappa shape index (κ1) is 20.4. The number of para-hydroxylation sites is 1. The van der Waals surface area contributed by atoms with Crippen LogP contribution in [0.3, 0.4) is 0 Å². The van der Waals surface area contributed by atoms with Crippen molar-refractivity contribution in [2.45, 2.75) is 6.54 Å². The molecule has 0 aliphatic carbocycles. The molecule has 2 aromatic carbocycles. The Morgan fingerprint density at radius 3 is 2.59 bits per heavy atom. The maximum atomic E-state index is 12.9. The predicted octanol–water partition coefficient (Wildman–Crippen LogP) is 1.72. The number of benzene rings is 2. The second kappa shape index (κ2) is 9.25. The number of aromatic nitrogens is 1. The van der Waals surface area contributed by atoms with Gasteiger partial charge >= 0.3 is 6.03 Å². The van der Waals surface area contributed by atoms with E-state index < -0.39 is 0 Å². The minimum absolute atomic E-state index is 0.197. The van der Waals surface area contributed by atoms with Gasteiger partial charge in [-0.1, -0.05) is 18.2 Å². The van der Waals surface area contributed by atoms with Gasteiger partial charge in [0, 0.05) is 22.2 Å². The van der Waals surface area contributed by atoms with E-state index in [4.69, 9.17) is 4.74 Å². The maximum Gasteiger partial charge on any atom is 0.322 e. The van der Waals surface area contributed by atoms with Crippen LogP contribution in [0.1, 0.15) is 5.56 Å². The molecule has 7 heteroatoms. The summed E-state index contributed by atoms with van der Waals surface area (Å²) in [5, 5.41) is 3.77. The van der Waals surface area contributed by atoms with Crippen LogP contribution in [-0.2, 0) is 6.54 Å². The summed E-state index contributed by atoms with van der Waals surface area (Å²) in [7, 11) is 5.66. The average molecular weight is 395 g/mol. The number of hydrogen-bond donors (Lipinski definition) is 3. The molecule has 0 aliphatic rings. The summed E-state index contributed by atoms with van der Waals surface area (Å²) in [4.78, 5) is 31.2. The van der Waals surface area contributed by atoms with Gasteiger partial charge in [0.2, 0.25) is 0 Å².